The van der Waals surface area contributed by atoms with E-state index in [-0.39, 0.29) is 0 Å². The van der Waals surface area contributed by atoms with Gasteiger partial charge in [0.05, 0.1) is 12.6 Å². The summed E-state index contributed by atoms with van der Waals surface area (Å²) in [4.78, 5) is 4.26. The lowest BCUT2D eigenvalue weighted by molar-refractivity contribution is 0.163. The standard InChI is InChI=1S/C10H19N3O/c1-8(2)12-10-11-5-6-13(10)9(3)7-14-4/h5-6,8-9H,7H2,1-4H3,(H,11,12). The van der Waals surface area contributed by atoms with E-state index < -0.39 is 0 Å². The summed E-state index contributed by atoms with van der Waals surface area (Å²) in [5.74, 6) is 0.907. The number of hydrogen-bond donors (Lipinski definition) is 1. The van der Waals surface area contributed by atoms with Gasteiger partial charge < -0.3 is 14.6 Å². The molecule has 1 aromatic rings. The molecule has 0 aliphatic carbocycles. The summed E-state index contributed by atoms with van der Waals surface area (Å²) < 4.78 is 7.20. The Morgan fingerprint density at radius 3 is 2.79 bits per heavy atom. The van der Waals surface area contributed by atoms with E-state index >= 15 is 0 Å². The fourth-order valence-corrected chi connectivity index (χ4v) is 1.36. The van der Waals surface area contributed by atoms with Crippen molar-refractivity contribution < 1.29 is 4.74 Å². The summed E-state index contributed by atoms with van der Waals surface area (Å²) in [6.45, 7) is 7.00. The van der Waals surface area contributed by atoms with Crippen LogP contribution in [0, 0.1) is 0 Å². The smallest absolute Gasteiger partial charge is 0.203 e. The Hall–Kier alpha value is -1.03. The minimum Gasteiger partial charge on any atom is -0.383 e. The van der Waals surface area contributed by atoms with Gasteiger partial charge in [-0.2, -0.15) is 0 Å². The first-order valence-corrected chi connectivity index (χ1v) is 4.93. The number of aromatic nitrogens is 2. The van der Waals surface area contributed by atoms with Crippen molar-refractivity contribution in [2.75, 3.05) is 19.0 Å². The Balaban J connectivity index is 2.70. The second kappa shape index (κ2) is 5.00. The van der Waals surface area contributed by atoms with Crippen LogP contribution in [0.3, 0.4) is 0 Å². The topological polar surface area (TPSA) is 39.1 Å². The zero-order chi connectivity index (χ0) is 10.6. The first-order chi connectivity index (χ1) is 6.65. The summed E-state index contributed by atoms with van der Waals surface area (Å²) in [6, 6.07) is 0.703. The highest BCUT2D eigenvalue weighted by atomic mass is 16.5. The Labute approximate surface area is 85.3 Å². The number of nitrogens with one attached hydrogen (secondary N) is 1. The number of imidazole rings is 1. The maximum Gasteiger partial charge on any atom is 0.203 e. The molecule has 0 aromatic carbocycles. The average Bonchev–Trinajstić information content (AvgIpc) is 2.51. The van der Waals surface area contributed by atoms with Crippen molar-refractivity contribution in [1.29, 1.82) is 0 Å². The Morgan fingerprint density at radius 1 is 1.50 bits per heavy atom. The van der Waals surface area contributed by atoms with Crippen LogP contribution in [0.1, 0.15) is 26.8 Å². The van der Waals surface area contributed by atoms with Crippen LogP contribution in [0.5, 0.6) is 0 Å². The second-order valence-corrected chi connectivity index (χ2v) is 3.76. The largest absolute Gasteiger partial charge is 0.383 e. The van der Waals surface area contributed by atoms with E-state index in [4.69, 9.17) is 4.74 Å². The number of rotatable bonds is 5. The van der Waals surface area contributed by atoms with Crippen LogP contribution in [0.4, 0.5) is 5.95 Å². The molecule has 4 heteroatoms. The molecular weight excluding hydrogens is 178 g/mol. The molecule has 0 saturated heterocycles. The summed E-state index contributed by atoms with van der Waals surface area (Å²) in [5, 5.41) is 3.29. The van der Waals surface area contributed by atoms with E-state index in [0.29, 0.717) is 18.7 Å². The van der Waals surface area contributed by atoms with E-state index in [1.54, 1.807) is 13.3 Å². The van der Waals surface area contributed by atoms with Gasteiger partial charge in [0.2, 0.25) is 5.95 Å². The van der Waals surface area contributed by atoms with Crippen LogP contribution in [-0.4, -0.2) is 29.3 Å². The van der Waals surface area contributed by atoms with Crippen molar-refractivity contribution in [3.8, 4) is 0 Å². The molecule has 4 nitrogen and oxygen atoms in total. The van der Waals surface area contributed by atoms with Crippen molar-refractivity contribution in [1.82, 2.24) is 9.55 Å². The lowest BCUT2D eigenvalue weighted by Gasteiger charge is -2.17. The molecule has 0 fully saturated rings. The molecule has 0 aliphatic heterocycles. The molecule has 1 unspecified atom stereocenters. The average molecular weight is 197 g/mol. The maximum atomic E-state index is 5.11. The van der Waals surface area contributed by atoms with Gasteiger partial charge in [-0.1, -0.05) is 0 Å². The van der Waals surface area contributed by atoms with E-state index in [1.807, 2.05) is 6.20 Å². The quantitative estimate of drug-likeness (QED) is 0.783. The third kappa shape index (κ3) is 2.73. The van der Waals surface area contributed by atoms with Gasteiger partial charge in [-0.3, -0.25) is 0 Å². The van der Waals surface area contributed by atoms with Crippen molar-refractivity contribution in [3.05, 3.63) is 12.4 Å². The molecule has 0 aliphatic rings. The van der Waals surface area contributed by atoms with E-state index in [2.05, 4.69) is 35.6 Å². The molecule has 0 amide bonds. The fraction of sp³-hybridized carbons (Fsp3) is 0.700. The first kappa shape index (κ1) is 11.0. The van der Waals surface area contributed by atoms with Gasteiger partial charge in [-0.25, -0.2) is 4.98 Å². The molecule has 1 heterocycles. The van der Waals surface area contributed by atoms with Gasteiger partial charge in [0.15, 0.2) is 0 Å². The molecule has 0 radical (unpaired) electrons. The Bertz CT molecular complexity index is 270. The van der Waals surface area contributed by atoms with Crippen LogP contribution >= 0.6 is 0 Å². The minimum absolute atomic E-state index is 0.309. The SMILES string of the molecule is COCC(C)n1ccnc1NC(C)C. The highest BCUT2D eigenvalue weighted by Crippen LogP contribution is 2.14. The van der Waals surface area contributed by atoms with Gasteiger partial charge in [-0.15, -0.1) is 0 Å². The van der Waals surface area contributed by atoms with Crippen LogP contribution in [-0.2, 0) is 4.74 Å². The normalized spacial score (nSPS) is 13.2. The fourth-order valence-electron chi connectivity index (χ4n) is 1.36. The van der Waals surface area contributed by atoms with Crippen LogP contribution < -0.4 is 5.32 Å². The summed E-state index contributed by atoms with van der Waals surface area (Å²) in [7, 11) is 1.71. The van der Waals surface area contributed by atoms with Gasteiger partial charge in [0.1, 0.15) is 0 Å². The van der Waals surface area contributed by atoms with E-state index in [1.165, 1.54) is 0 Å². The summed E-state index contributed by atoms with van der Waals surface area (Å²) in [6.07, 6.45) is 3.77. The Morgan fingerprint density at radius 2 is 2.21 bits per heavy atom. The van der Waals surface area contributed by atoms with Gasteiger partial charge >= 0.3 is 0 Å². The third-order valence-electron chi connectivity index (χ3n) is 1.97. The van der Waals surface area contributed by atoms with Gasteiger partial charge in [0, 0.05) is 25.5 Å². The van der Waals surface area contributed by atoms with E-state index in [9.17, 15) is 0 Å². The highest BCUT2D eigenvalue weighted by Gasteiger charge is 2.09. The highest BCUT2D eigenvalue weighted by molar-refractivity contribution is 5.27. The summed E-state index contributed by atoms with van der Waals surface area (Å²) >= 11 is 0. The number of nitrogens with zero attached hydrogens (tertiary/aromatic N) is 2. The van der Waals surface area contributed by atoms with Crippen molar-refractivity contribution in [2.45, 2.75) is 32.9 Å². The van der Waals surface area contributed by atoms with Crippen molar-refractivity contribution in [2.24, 2.45) is 0 Å². The van der Waals surface area contributed by atoms with E-state index in [0.717, 1.165) is 5.95 Å². The first-order valence-electron chi connectivity index (χ1n) is 4.93. The molecule has 0 bridgehead atoms. The lowest BCUT2D eigenvalue weighted by atomic mass is 10.3. The number of anilines is 1. The van der Waals surface area contributed by atoms with Gasteiger partial charge in [-0.05, 0) is 20.8 Å². The molecule has 1 atom stereocenters. The summed E-state index contributed by atoms with van der Waals surface area (Å²) in [5.41, 5.74) is 0. The molecule has 0 spiro atoms. The molecule has 1 N–H and O–H groups in total. The van der Waals surface area contributed by atoms with Gasteiger partial charge in [0.25, 0.3) is 0 Å². The molecule has 14 heavy (non-hydrogen) atoms. The maximum absolute atomic E-state index is 5.11. The molecule has 80 valence electrons. The number of hydrogen-bond acceptors (Lipinski definition) is 3. The van der Waals surface area contributed by atoms with Crippen molar-refractivity contribution >= 4 is 5.95 Å². The monoisotopic (exact) mass is 197 g/mol. The Kier molecular flexibility index (Phi) is 3.95. The number of ether oxygens (including phenoxy) is 1. The number of methoxy groups -OCH3 is 1. The zero-order valence-electron chi connectivity index (χ0n) is 9.32. The van der Waals surface area contributed by atoms with Crippen molar-refractivity contribution in [3.63, 3.8) is 0 Å². The second-order valence-electron chi connectivity index (χ2n) is 3.76. The zero-order valence-corrected chi connectivity index (χ0v) is 9.32. The molecular formula is C10H19N3O. The minimum atomic E-state index is 0.309. The predicted molar refractivity (Wildman–Crippen MR) is 57.6 cm³/mol. The molecule has 1 aromatic heterocycles. The molecule has 1 rings (SSSR count). The molecule has 0 saturated carbocycles. The third-order valence-corrected chi connectivity index (χ3v) is 1.97. The lowest BCUT2D eigenvalue weighted by Crippen LogP contribution is -2.18. The predicted octanol–water partition coefficient (Wildman–Crippen LogP) is 1.91. The van der Waals surface area contributed by atoms with Crippen LogP contribution in [0.2, 0.25) is 0 Å². The van der Waals surface area contributed by atoms with Crippen LogP contribution in [0.15, 0.2) is 12.4 Å². The van der Waals surface area contributed by atoms with Crippen LogP contribution in [0.25, 0.3) is 0 Å².